The summed E-state index contributed by atoms with van der Waals surface area (Å²) in [5, 5.41) is 4.14. The molecule has 0 fully saturated rings. The molecule has 11 aromatic rings. The first-order chi connectivity index (χ1) is 29.2. The maximum Gasteiger partial charge on any atom is 0.164 e. The highest BCUT2D eigenvalue weighted by Gasteiger charge is 2.22. The normalized spacial score (nSPS) is 11.4. The average Bonchev–Trinajstić information content (AvgIpc) is 3.69. The van der Waals surface area contributed by atoms with Gasteiger partial charge in [-0.3, -0.25) is 0 Å². The molecule has 0 atom stereocenters. The van der Waals surface area contributed by atoms with Gasteiger partial charge in [0.05, 0.1) is 11.4 Å². The molecule has 8 aromatic carbocycles. The third kappa shape index (κ3) is 6.29. The molecule has 0 aliphatic rings. The molecule has 0 amide bonds. The summed E-state index contributed by atoms with van der Waals surface area (Å²) in [5.74, 6) is 2.45. The van der Waals surface area contributed by atoms with Crippen LogP contribution in [0.4, 0.5) is 0 Å². The van der Waals surface area contributed by atoms with E-state index in [0.717, 1.165) is 88.6 Å². The minimum Gasteiger partial charge on any atom is -0.456 e. The molecule has 0 saturated heterocycles. The highest BCUT2D eigenvalue weighted by atomic mass is 16.3. The molecule has 0 bridgehead atoms. The fraction of sp³-hybridized carbons (Fsp3) is 0. The van der Waals surface area contributed by atoms with Crippen molar-refractivity contribution < 1.29 is 4.42 Å². The van der Waals surface area contributed by atoms with Gasteiger partial charge in [0.1, 0.15) is 11.2 Å². The predicted molar refractivity (Wildman–Crippen MR) is 238 cm³/mol. The largest absolute Gasteiger partial charge is 0.456 e. The molecule has 0 aliphatic heterocycles. The second-order valence-corrected chi connectivity index (χ2v) is 14.4. The number of hydrogen-bond donors (Lipinski definition) is 0. The number of benzene rings is 8. The third-order valence-corrected chi connectivity index (χ3v) is 10.8. The molecule has 11 rings (SSSR count). The van der Waals surface area contributed by atoms with Crippen molar-refractivity contribution in [3.63, 3.8) is 0 Å². The van der Waals surface area contributed by atoms with Crippen molar-refractivity contribution in [1.29, 1.82) is 0 Å². The van der Waals surface area contributed by atoms with E-state index in [-0.39, 0.29) is 0 Å². The van der Waals surface area contributed by atoms with Crippen molar-refractivity contribution in [2.24, 2.45) is 0 Å². The van der Waals surface area contributed by atoms with Gasteiger partial charge in [0.15, 0.2) is 23.3 Å². The number of hydrogen-bond acceptors (Lipinski definition) is 6. The molecule has 0 radical (unpaired) electrons. The summed E-state index contributed by atoms with van der Waals surface area (Å²) in [6, 6.07) is 68.1. The topological polar surface area (TPSA) is 77.6 Å². The summed E-state index contributed by atoms with van der Waals surface area (Å²) in [7, 11) is 0. The van der Waals surface area contributed by atoms with Gasteiger partial charge < -0.3 is 4.42 Å². The van der Waals surface area contributed by atoms with Gasteiger partial charge in [0.25, 0.3) is 0 Å². The van der Waals surface area contributed by atoms with Crippen LogP contribution in [0.15, 0.2) is 205 Å². The quantitative estimate of drug-likeness (QED) is 0.161. The highest BCUT2D eigenvalue weighted by Crippen LogP contribution is 2.43. The van der Waals surface area contributed by atoms with E-state index in [1.165, 1.54) is 0 Å². The van der Waals surface area contributed by atoms with Gasteiger partial charge in [-0.05, 0) is 46.2 Å². The summed E-state index contributed by atoms with van der Waals surface area (Å²) >= 11 is 0. The van der Waals surface area contributed by atoms with Crippen molar-refractivity contribution in [3.05, 3.63) is 200 Å². The molecule has 0 unspecified atom stereocenters. The summed E-state index contributed by atoms with van der Waals surface area (Å²) < 4.78 is 6.54. The van der Waals surface area contributed by atoms with Gasteiger partial charge >= 0.3 is 0 Å². The van der Waals surface area contributed by atoms with Gasteiger partial charge in [0.2, 0.25) is 0 Å². The van der Waals surface area contributed by atoms with Crippen LogP contribution >= 0.6 is 0 Å². The molecule has 6 nitrogen and oxygen atoms in total. The van der Waals surface area contributed by atoms with Crippen LogP contribution in [0.25, 0.3) is 112 Å². The molecule has 0 spiro atoms. The minimum atomic E-state index is 0.573. The summed E-state index contributed by atoms with van der Waals surface area (Å²) in [5.41, 5.74) is 11.0. The van der Waals surface area contributed by atoms with Crippen LogP contribution in [-0.4, -0.2) is 24.9 Å². The average molecular weight is 756 g/mol. The standard InChI is InChI=1S/C53H33N5O/c1-5-17-34(18-6-1)46-33-47(55-50(54-46)35-19-7-2-8-20-35)41-30-29-40(38-25-13-14-26-39(38)41)43-32-49-44(42-27-15-16-28-48(42)59-49)31-45(43)53-57-51(36-21-9-3-10-22-36)56-52(58-53)37-23-11-4-12-24-37/h1-33H. The van der Waals surface area contributed by atoms with Crippen molar-refractivity contribution in [1.82, 2.24) is 24.9 Å². The summed E-state index contributed by atoms with van der Waals surface area (Å²) in [6.07, 6.45) is 0. The Kier molecular flexibility index (Phi) is 8.37. The number of nitrogens with zero attached hydrogens (tertiary/aromatic N) is 5. The lowest BCUT2D eigenvalue weighted by molar-refractivity contribution is 0.669. The van der Waals surface area contributed by atoms with Crippen LogP contribution in [0.1, 0.15) is 0 Å². The van der Waals surface area contributed by atoms with Gasteiger partial charge in [-0.15, -0.1) is 0 Å². The fourth-order valence-corrected chi connectivity index (χ4v) is 7.92. The van der Waals surface area contributed by atoms with Gasteiger partial charge in [0, 0.05) is 44.2 Å². The third-order valence-electron chi connectivity index (χ3n) is 10.8. The predicted octanol–water partition coefficient (Wildman–Crippen LogP) is 13.4. The van der Waals surface area contributed by atoms with E-state index in [9.17, 15) is 0 Å². The van der Waals surface area contributed by atoms with Crippen LogP contribution in [0.5, 0.6) is 0 Å². The van der Waals surface area contributed by atoms with E-state index in [1.807, 2.05) is 115 Å². The Bertz CT molecular complexity index is 3200. The molecular formula is C53H33N5O. The number of rotatable bonds is 7. The van der Waals surface area contributed by atoms with Crippen LogP contribution in [0.3, 0.4) is 0 Å². The molecular weight excluding hydrogens is 723 g/mol. The molecule has 0 N–H and O–H groups in total. The monoisotopic (exact) mass is 755 g/mol. The smallest absolute Gasteiger partial charge is 0.164 e. The lowest BCUT2D eigenvalue weighted by Gasteiger charge is -2.16. The van der Waals surface area contributed by atoms with E-state index in [2.05, 4.69) is 84.9 Å². The number of aromatic nitrogens is 5. The molecule has 6 heteroatoms. The molecule has 276 valence electrons. The Balaban J connectivity index is 1.17. The zero-order chi connectivity index (χ0) is 39.1. The molecule has 3 aromatic heterocycles. The molecule has 0 saturated carbocycles. The van der Waals surface area contributed by atoms with E-state index in [1.54, 1.807) is 0 Å². The van der Waals surface area contributed by atoms with E-state index in [0.29, 0.717) is 23.3 Å². The van der Waals surface area contributed by atoms with Crippen LogP contribution in [0.2, 0.25) is 0 Å². The first-order valence-electron chi connectivity index (χ1n) is 19.6. The Hall–Kier alpha value is -8.09. The Morgan fingerprint density at radius 2 is 0.712 bits per heavy atom. The number of fused-ring (bicyclic) bond motifs is 4. The molecule has 3 heterocycles. The number of para-hydroxylation sites is 1. The Morgan fingerprint density at radius 3 is 1.32 bits per heavy atom. The van der Waals surface area contributed by atoms with Crippen molar-refractivity contribution in [2.45, 2.75) is 0 Å². The summed E-state index contributed by atoms with van der Waals surface area (Å²) in [4.78, 5) is 25.7. The zero-order valence-electron chi connectivity index (χ0n) is 31.7. The van der Waals surface area contributed by atoms with E-state index >= 15 is 0 Å². The second-order valence-electron chi connectivity index (χ2n) is 14.4. The van der Waals surface area contributed by atoms with Gasteiger partial charge in [-0.25, -0.2) is 24.9 Å². The maximum atomic E-state index is 6.54. The summed E-state index contributed by atoms with van der Waals surface area (Å²) in [6.45, 7) is 0. The van der Waals surface area contributed by atoms with Crippen molar-refractivity contribution in [2.75, 3.05) is 0 Å². The number of furan rings is 1. The Labute approximate surface area is 340 Å². The molecule has 59 heavy (non-hydrogen) atoms. The Morgan fingerprint density at radius 1 is 0.254 bits per heavy atom. The highest BCUT2D eigenvalue weighted by molar-refractivity contribution is 6.12. The van der Waals surface area contributed by atoms with Crippen LogP contribution in [-0.2, 0) is 0 Å². The lowest BCUT2D eigenvalue weighted by Crippen LogP contribution is -2.01. The minimum absolute atomic E-state index is 0.573. The van der Waals surface area contributed by atoms with Gasteiger partial charge in [-0.2, -0.15) is 0 Å². The van der Waals surface area contributed by atoms with E-state index < -0.39 is 0 Å². The fourth-order valence-electron chi connectivity index (χ4n) is 7.92. The second kappa shape index (κ2) is 14.4. The van der Waals surface area contributed by atoms with Crippen molar-refractivity contribution in [3.8, 4) is 79.2 Å². The molecule has 0 aliphatic carbocycles. The SMILES string of the molecule is c1ccc(-c2cc(-c3ccc(-c4cc5oc6ccccc6c5cc4-c4nc(-c5ccccc5)nc(-c5ccccc5)n4)c4ccccc34)nc(-c3ccccc3)n2)cc1. The van der Waals surface area contributed by atoms with E-state index in [4.69, 9.17) is 29.3 Å². The van der Waals surface area contributed by atoms with Gasteiger partial charge in [-0.1, -0.05) is 176 Å². The first-order valence-corrected chi connectivity index (χ1v) is 19.6. The lowest BCUT2D eigenvalue weighted by atomic mass is 9.90. The van der Waals surface area contributed by atoms with Crippen molar-refractivity contribution >= 4 is 32.7 Å². The first kappa shape index (κ1) is 34.2. The van der Waals surface area contributed by atoms with Crippen LogP contribution < -0.4 is 0 Å². The van der Waals surface area contributed by atoms with Crippen LogP contribution in [0, 0.1) is 0 Å². The zero-order valence-corrected chi connectivity index (χ0v) is 31.7. The maximum absolute atomic E-state index is 6.54.